The zero-order valence-corrected chi connectivity index (χ0v) is 9.47. The molecule has 2 rings (SSSR count). The Balaban J connectivity index is 2.28. The van der Waals surface area contributed by atoms with Gasteiger partial charge in [0.1, 0.15) is 5.58 Å². The Labute approximate surface area is 94.2 Å². The minimum absolute atomic E-state index is 0.500. The molecule has 0 amide bonds. The Kier molecular flexibility index (Phi) is 3.29. The third kappa shape index (κ3) is 2.16. The lowest BCUT2D eigenvalue weighted by molar-refractivity contribution is 0.603. The van der Waals surface area contributed by atoms with Crippen molar-refractivity contribution in [3.8, 4) is 0 Å². The quantitative estimate of drug-likeness (QED) is 0.802. The number of hydrogen-bond acceptors (Lipinski definition) is 2. The highest BCUT2D eigenvalue weighted by Crippen LogP contribution is 2.29. The van der Waals surface area contributed by atoms with Crippen molar-refractivity contribution < 1.29 is 4.42 Å². The van der Waals surface area contributed by atoms with Crippen LogP contribution in [0.1, 0.15) is 18.9 Å². The molecule has 0 fully saturated rings. The Morgan fingerprint density at radius 1 is 1.33 bits per heavy atom. The standard InChI is InChI=1S/C12H14ClNO/c1-2-7-14-8-10-9-5-3-4-6-11(9)15-12(10)13/h3-6,14H,2,7-8H2,1H3. The van der Waals surface area contributed by atoms with Gasteiger partial charge in [0.2, 0.25) is 0 Å². The minimum Gasteiger partial charge on any atom is -0.444 e. The van der Waals surface area contributed by atoms with Gasteiger partial charge in [-0.2, -0.15) is 0 Å². The zero-order valence-electron chi connectivity index (χ0n) is 8.72. The number of furan rings is 1. The predicted molar refractivity (Wildman–Crippen MR) is 63.2 cm³/mol. The van der Waals surface area contributed by atoms with Crippen LogP contribution in [0.15, 0.2) is 28.7 Å². The highest BCUT2D eigenvalue weighted by atomic mass is 35.5. The van der Waals surface area contributed by atoms with E-state index in [1.165, 1.54) is 0 Å². The molecular weight excluding hydrogens is 210 g/mol. The molecule has 1 heterocycles. The van der Waals surface area contributed by atoms with Gasteiger partial charge in [-0.3, -0.25) is 0 Å². The molecule has 15 heavy (non-hydrogen) atoms. The van der Waals surface area contributed by atoms with Crippen molar-refractivity contribution in [1.82, 2.24) is 5.32 Å². The van der Waals surface area contributed by atoms with Gasteiger partial charge in [0, 0.05) is 17.5 Å². The van der Waals surface area contributed by atoms with Crippen LogP contribution in [0.2, 0.25) is 5.22 Å². The molecule has 3 heteroatoms. The van der Waals surface area contributed by atoms with Gasteiger partial charge in [0.25, 0.3) is 0 Å². The summed E-state index contributed by atoms with van der Waals surface area (Å²) in [5.41, 5.74) is 1.91. The van der Waals surface area contributed by atoms with Crippen LogP contribution in [-0.2, 0) is 6.54 Å². The molecule has 0 atom stereocenters. The summed E-state index contributed by atoms with van der Waals surface area (Å²) < 4.78 is 5.46. The van der Waals surface area contributed by atoms with E-state index in [1.807, 2.05) is 24.3 Å². The summed E-state index contributed by atoms with van der Waals surface area (Å²) in [6.45, 7) is 3.90. The Morgan fingerprint density at radius 2 is 2.13 bits per heavy atom. The molecule has 0 aliphatic rings. The Hall–Kier alpha value is -0.990. The second-order valence-corrected chi connectivity index (χ2v) is 3.87. The number of benzene rings is 1. The van der Waals surface area contributed by atoms with Gasteiger partial charge >= 0.3 is 0 Å². The van der Waals surface area contributed by atoms with Crippen LogP contribution in [0.4, 0.5) is 0 Å². The fraction of sp³-hybridized carbons (Fsp3) is 0.333. The largest absolute Gasteiger partial charge is 0.444 e. The molecule has 0 bridgehead atoms. The van der Waals surface area contributed by atoms with Crippen molar-refractivity contribution in [2.75, 3.05) is 6.54 Å². The van der Waals surface area contributed by atoms with E-state index in [2.05, 4.69) is 12.2 Å². The normalized spacial score (nSPS) is 11.1. The maximum atomic E-state index is 6.04. The highest BCUT2D eigenvalue weighted by Gasteiger charge is 2.10. The van der Waals surface area contributed by atoms with Crippen molar-refractivity contribution >= 4 is 22.6 Å². The van der Waals surface area contributed by atoms with Crippen LogP contribution in [0, 0.1) is 0 Å². The molecule has 2 aromatic rings. The van der Waals surface area contributed by atoms with Gasteiger partial charge in [-0.25, -0.2) is 0 Å². The average molecular weight is 224 g/mol. The maximum absolute atomic E-state index is 6.04. The highest BCUT2D eigenvalue weighted by molar-refractivity contribution is 6.30. The number of hydrogen-bond donors (Lipinski definition) is 1. The maximum Gasteiger partial charge on any atom is 0.199 e. The van der Waals surface area contributed by atoms with Crippen LogP contribution >= 0.6 is 11.6 Å². The van der Waals surface area contributed by atoms with Gasteiger partial charge in [-0.15, -0.1) is 0 Å². The molecule has 0 saturated carbocycles. The van der Waals surface area contributed by atoms with E-state index in [0.29, 0.717) is 5.22 Å². The molecule has 80 valence electrons. The summed E-state index contributed by atoms with van der Waals surface area (Å²) in [4.78, 5) is 0. The van der Waals surface area contributed by atoms with Crippen LogP contribution < -0.4 is 5.32 Å². The minimum atomic E-state index is 0.500. The Morgan fingerprint density at radius 3 is 2.93 bits per heavy atom. The first-order valence-electron chi connectivity index (χ1n) is 5.19. The molecule has 0 unspecified atom stereocenters. The lowest BCUT2D eigenvalue weighted by Gasteiger charge is -2.00. The van der Waals surface area contributed by atoms with Crippen molar-refractivity contribution in [2.24, 2.45) is 0 Å². The summed E-state index contributed by atoms with van der Waals surface area (Å²) in [6.07, 6.45) is 1.12. The van der Waals surface area contributed by atoms with Gasteiger partial charge in [-0.05, 0) is 30.6 Å². The van der Waals surface area contributed by atoms with E-state index in [0.717, 1.165) is 36.0 Å². The predicted octanol–water partition coefficient (Wildman–Crippen LogP) is 3.59. The smallest absolute Gasteiger partial charge is 0.199 e. The fourth-order valence-corrected chi connectivity index (χ4v) is 1.88. The van der Waals surface area contributed by atoms with Gasteiger partial charge in [-0.1, -0.05) is 25.1 Å². The summed E-state index contributed by atoms with van der Waals surface area (Å²) in [7, 11) is 0. The van der Waals surface area contributed by atoms with Crippen molar-refractivity contribution in [3.05, 3.63) is 35.0 Å². The van der Waals surface area contributed by atoms with Crippen LogP contribution in [0.25, 0.3) is 11.0 Å². The molecule has 1 aromatic carbocycles. The number of nitrogens with one attached hydrogen (secondary N) is 1. The SMILES string of the molecule is CCCNCc1c(Cl)oc2ccccc12. The second-order valence-electron chi connectivity index (χ2n) is 3.53. The van der Waals surface area contributed by atoms with Gasteiger partial charge in [0.05, 0.1) is 0 Å². The summed E-state index contributed by atoms with van der Waals surface area (Å²) >= 11 is 6.04. The van der Waals surface area contributed by atoms with Crippen LogP contribution in [-0.4, -0.2) is 6.54 Å². The molecule has 0 radical (unpaired) electrons. The van der Waals surface area contributed by atoms with E-state index in [4.69, 9.17) is 16.0 Å². The molecule has 0 spiro atoms. The number of fused-ring (bicyclic) bond motifs is 1. The molecule has 1 aromatic heterocycles. The molecule has 0 aliphatic heterocycles. The summed E-state index contributed by atoms with van der Waals surface area (Å²) in [5.74, 6) is 0. The molecule has 1 N–H and O–H groups in total. The van der Waals surface area contributed by atoms with Gasteiger partial charge in [0.15, 0.2) is 5.22 Å². The lowest BCUT2D eigenvalue weighted by atomic mass is 10.2. The molecule has 2 nitrogen and oxygen atoms in total. The Bertz CT molecular complexity index is 450. The average Bonchev–Trinajstić information content (AvgIpc) is 2.56. The summed E-state index contributed by atoms with van der Waals surface area (Å²) in [6, 6.07) is 7.92. The van der Waals surface area contributed by atoms with E-state index in [9.17, 15) is 0 Å². The molecular formula is C12H14ClNO. The van der Waals surface area contributed by atoms with Crippen LogP contribution in [0.3, 0.4) is 0 Å². The number of halogens is 1. The first-order valence-corrected chi connectivity index (χ1v) is 5.57. The zero-order chi connectivity index (χ0) is 10.7. The van der Waals surface area contributed by atoms with Gasteiger partial charge < -0.3 is 9.73 Å². The molecule has 0 saturated heterocycles. The monoisotopic (exact) mass is 223 g/mol. The lowest BCUT2D eigenvalue weighted by Crippen LogP contribution is -2.13. The number of para-hydroxylation sites is 1. The van der Waals surface area contributed by atoms with Crippen LogP contribution in [0.5, 0.6) is 0 Å². The van der Waals surface area contributed by atoms with E-state index in [-0.39, 0.29) is 0 Å². The van der Waals surface area contributed by atoms with E-state index < -0.39 is 0 Å². The van der Waals surface area contributed by atoms with Crippen molar-refractivity contribution in [3.63, 3.8) is 0 Å². The van der Waals surface area contributed by atoms with E-state index in [1.54, 1.807) is 0 Å². The topological polar surface area (TPSA) is 25.2 Å². The molecule has 0 aliphatic carbocycles. The van der Waals surface area contributed by atoms with Crippen molar-refractivity contribution in [1.29, 1.82) is 0 Å². The third-order valence-electron chi connectivity index (χ3n) is 2.38. The fourth-order valence-electron chi connectivity index (χ4n) is 1.62. The van der Waals surface area contributed by atoms with E-state index >= 15 is 0 Å². The summed E-state index contributed by atoms with van der Waals surface area (Å²) in [5, 5.41) is 4.93. The van der Waals surface area contributed by atoms with Crippen molar-refractivity contribution in [2.45, 2.75) is 19.9 Å². The second kappa shape index (κ2) is 4.69. The first-order chi connectivity index (χ1) is 7.33. The number of rotatable bonds is 4. The third-order valence-corrected chi connectivity index (χ3v) is 2.68. The first kappa shape index (κ1) is 10.5.